The third-order valence-electron chi connectivity index (χ3n) is 4.01. The van der Waals surface area contributed by atoms with Gasteiger partial charge in [0.15, 0.2) is 6.04 Å². The van der Waals surface area contributed by atoms with Crippen LogP contribution in [0.4, 0.5) is 4.79 Å². The van der Waals surface area contributed by atoms with Gasteiger partial charge in [-0.1, -0.05) is 37.3 Å². The van der Waals surface area contributed by atoms with Gasteiger partial charge < -0.3 is 15.7 Å². The van der Waals surface area contributed by atoms with Crippen LogP contribution < -0.4 is 10.6 Å². The first-order chi connectivity index (χ1) is 10.1. The number of benzene rings is 1. The number of urea groups is 1. The molecule has 0 saturated heterocycles. The Balaban J connectivity index is 1.91. The number of aliphatic carboxylic acids is 1. The van der Waals surface area contributed by atoms with Gasteiger partial charge in [0.2, 0.25) is 0 Å². The van der Waals surface area contributed by atoms with Crippen molar-refractivity contribution in [1.29, 1.82) is 0 Å². The van der Waals surface area contributed by atoms with Gasteiger partial charge in [-0.05, 0) is 37.2 Å². The normalized spacial score (nSPS) is 23.1. The third-order valence-corrected chi connectivity index (χ3v) is 4.01. The number of nitrogens with one attached hydrogen (secondary N) is 2. The van der Waals surface area contributed by atoms with E-state index in [0.717, 1.165) is 25.7 Å². The highest BCUT2D eigenvalue weighted by atomic mass is 16.4. The molecule has 2 rings (SSSR count). The van der Waals surface area contributed by atoms with Gasteiger partial charge in [0.1, 0.15) is 0 Å². The van der Waals surface area contributed by atoms with Crippen LogP contribution in [-0.2, 0) is 4.79 Å². The Kier molecular flexibility index (Phi) is 5.20. The van der Waals surface area contributed by atoms with Crippen molar-refractivity contribution in [1.82, 2.24) is 10.6 Å². The number of carboxylic acid groups (broad SMARTS) is 1. The Hall–Kier alpha value is -2.04. The summed E-state index contributed by atoms with van der Waals surface area (Å²) >= 11 is 0. The largest absolute Gasteiger partial charge is 0.479 e. The van der Waals surface area contributed by atoms with Gasteiger partial charge in [0.25, 0.3) is 0 Å². The fraction of sp³-hybridized carbons (Fsp3) is 0.500. The van der Waals surface area contributed by atoms with Gasteiger partial charge in [0, 0.05) is 6.04 Å². The van der Waals surface area contributed by atoms with Gasteiger partial charge >= 0.3 is 12.0 Å². The van der Waals surface area contributed by atoms with Gasteiger partial charge in [-0.25, -0.2) is 9.59 Å². The van der Waals surface area contributed by atoms with Crippen LogP contribution in [0.25, 0.3) is 0 Å². The fourth-order valence-corrected chi connectivity index (χ4v) is 2.70. The van der Waals surface area contributed by atoms with E-state index >= 15 is 0 Å². The van der Waals surface area contributed by atoms with Crippen molar-refractivity contribution in [3.8, 4) is 0 Å². The first kappa shape index (κ1) is 15.4. The molecular weight excluding hydrogens is 268 g/mol. The molecular formula is C16H22N2O3. The van der Waals surface area contributed by atoms with Gasteiger partial charge in [-0.2, -0.15) is 0 Å². The molecule has 2 amide bonds. The number of hydrogen-bond acceptors (Lipinski definition) is 2. The zero-order valence-electron chi connectivity index (χ0n) is 12.2. The number of carbonyl (C=O) groups is 2. The maximum absolute atomic E-state index is 12.0. The van der Waals surface area contributed by atoms with Crippen molar-refractivity contribution in [3.63, 3.8) is 0 Å². The quantitative estimate of drug-likeness (QED) is 0.797. The average molecular weight is 290 g/mol. The van der Waals surface area contributed by atoms with Crippen LogP contribution in [0.2, 0.25) is 0 Å². The Morgan fingerprint density at radius 3 is 2.33 bits per heavy atom. The summed E-state index contributed by atoms with van der Waals surface area (Å²) in [6, 6.07) is 7.43. The molecule has 0 radical (unpaired) electrons. The number of carbonyl (C=O) groups excluding carboxylic acids is 1. The molecule has 5 heteroatoms. The molecule has 0 spiro atoms. The molecule has 1 unspecified atom stereocenters. The maximum atomic E-state index is 12.0. The SMILES string of the molecule is CC1CCC(NC(=O)NC(C(=O)O)c2ccccc2)CC1. The minimum absolute atomic E-state index is 0.145. The monoisotopic (exact) mass is 290 g/mol. The fourth-order valence-electron chi connectivity index (χ4n) is 2.70. The highest BCUT2D eigenvalue weighted by molar-refractivity contribution is 5.83. The minimum atomic E-state index is -1.06. The van der Waals surface area contributed by atoms with E-state index in [-0.39, 0.29) is 6.04 Å². The molecule has 1 aliphatic carbocycles. The lowest BCUT2D eigenvalue weighted by molar-refractivity contribution is -0.139. The minimum Gasteiger partial charge on any atom is -0.479 e. The summed E-state index contributed by atoms with van der Waals surface area (Å²) in [6.45, 7) is 2.21. The van der Waals surface area contributed by atoms with Crippen molar-refractivity contribution < 1.29 is 14.7 Å². The van der Waals surface area contributed by atoms with E-state index in [0.29, 0.717) is 11.5 Å². The Morgan fingerprint density at radius 2 is 1.76 bits per heavy atom. The molecule has 1 atom stereocenters. The third kappa shape index (κ3) is 4.48. The first-order valence-corrected chi connectivity index (χ1v) is 7.41. The van der Waals surface area contributed by atoms with Crippen LogP contribution in [0.3, 0.4) is 0 Å². The summed E-state index contributed by atoms with van der Waals surface area (Å²) in [7, 11) is 0. The lowest BCUT2D eigenvalue weighted by Crippen LogP contribution is -2.46. The molecule has 1 saturated carbocycles. The number of carboxylic acids is 1. The topological polar surface area (TPSA) is 78.4 Å². The van der Waals surface area contributed by atoms with Gasteiger partial charge in [-0.3, -0.25) is 0 Å². The molecule has 0 aromatic heterocycles. The van der Waals surface area contributed by atoms with Crippen LogP contribution in [0.15, 0.2) is 30.3 Å². The van der Waals surface area contributed by atoms with Crippen LogP contribution in [0.5, 0.6) is 0 Å². The summed E-state index contributed by atoms with van der Waals surface area (Å²) in [5.41, 5.74) is 0.567. The summed E-state index contributed by atoms with van der Waals surface area (Å²) in [4.78, 5) is 23.3. The Morgan fingerprint density at radius 1 is 1.14 bits per heavy atom. The Bertz CT molecular complexity index is 482. The first-order valence-electron chi connectivity index (χ1n) is 7.41. The number of amides is 2. The highest BCUT2D eigenvalue weighted by Gasteiger charge is 2.24. The summed E-state index contributed by atoms with van der Waals surface area (Å²) in [5.74, 6) is -0.351. The molecule has 114 valence electrons. The molecule has 0 bridgehead atoms. The molecule has 3 N–H and O–H groups in total. The zero-order chi connectivity index (χ0) is 15.2. The standard InChI is InChI=1S/C16H22N2O3/c1-11-7-9-13(10-8-11)17-16(21)18-14(15(19)20)12-5-3-2-4-6-12/h2-6,11,13-14H,7-10H2,1H3,(H,19,20)(H2,17,18,21). The van der Waals surface area contributed by atoms with Crippen molar-refractivity contribution in [2.45, 2.75) is 44.7 Å². The van der Waals surface area contributed by atoms with Gasteiger partial charge in [-0.15, -0.1) is 0 Å². The summed E-state index contributed by atoms with van der Waals surface area (Å²) in [6.07, 6.45) is 4.12. The van der Waals surface area contributed by atoms with Crippen molar-refractivity contribution in [2.75, 3.05) is 0 Å². The van der Waals surface area contributed by atoms with Crippen molar-refractivity contribution in [3.05, 3.63) is 35.9 Å². The number of hydrogen-bond donors (Lipinski definition) is 3. The van der Waals surface area contributed by atoms with E-state index in [1.54, 1.807) is 24.3 Å². The van der Waals surface area contributed by atoms with E-state index in [1.807, 2.05) is 6.07 Å². The second kappa shape index (κ2) is 7.11. The molecule has 1 aromatic rings. The maximum Gasteiger partial charge on any atom is 0.330 e. The van der Waals surface area contributed by atoms with E-state index < -0.39 is 18.0 Å². The molecule has 5 nitrogen and oxygen atoms in total. The van der Waals surface area contributed by atoms with Crippen LogP contribution in [-0.4, -0.2) is 23.1 Å². The van der Waals surface area contributed by atoms with E-state index in [2.05, 4.69) is 17.6 Å². The molecule has 1 fully saturated rings. The highest BCUT2D eigenvalue weighted by Crippen LogP contribution is 2.23. The average Bonchev–Trinajstić information content (AvgIpc) is 2.48. The second-order valence-electron chi connectivity index (χ2n) is 5.76. The van der Waals surface area contributed by atoms with E-state index in [1.165, 1.54) is 0 Å². The van der Waals surface area contributed by atoms with Crippen LogP contribution in [0.1, 0.15) is 44.2 Å². The molecule has 1 aliphatic rings. The summed E-state index contributed by atoms with van der Waals surface area (Å²) < 4.78 is 0. The van der Waals surface area contributed by atoms with Crippen LogP contribution >= 0.6 is 0 Å². The smallest absolute Gasteiger partial charge is 0.330 e. The lowest BCUT2D eigenvalue weighted by Gasteiger charge is -2.27. The van der Waals surface area contributed by atoms with Crippen molar-refractivity contribution in [2.24, 2.45) is 5.92 Å². The molecule has 0 aliphatic heterocycles. The zero-order valence-corrected chi connectivity index (χ0v) is 12.2. The van der Waals surface area contributed by atoms with E-state index in [4.69, 9.17) is 0 Å². The lowest BCUT2D eigenvalue weighted by atomic mass is 9.87. The summed E-state index contributed by atoms with van der Waals surface area (Å²) in [5, 5.41) is 14.7. The van der Waals surface area contributed by atoms with Gasteiger partial charge in [0.05, 0.1) is 0 Å². The Labute approximate surface area is 124 Å². The predicted molar refractivity (Wildman–Crippen MR) is 79.9 cm³/mol. The second-order valence-corrected chi connectivity index (χ2v) is 5.76. The molecule has 21 heavy (non-hydrogen) atoms. The molecule has 0 heterocycles. The number of rotatable bonds is 4. The van der Waals surface area contributed by atoms with E-state index in [9.17, 15) is 14.7 Å². The van der Waals surface area contributed by atoms with Crippen molar-refractivity contribution >= 4 is 12.0 Å². The predicted octanol–water partition coefficient (Wildman–Crippen LogP) is 2.69. The van der Waals surface area contributed by atoms with Crippen LogP contribution in [0, 0.1) is 5.92 Å². The molecule has 1 aromatic carbocycles.